The summed E-state index contributed by atoms with van der Waals surface area (Å²) in [6.45, 7) is 4.80. The number of nitrogens with one attached hydrogen (secondary N) is 1. The minimum absolute atomic E-state index is 0.390. The van der Waals surface area contributed by atoms with Crippen molar-refractivity contribution in [1.29, 1.82) is 0 Å². The number of carbonyl (C=O) groups is 2. The van der Waals surface area contributed by atoms with Gasteiger partial charge in [-0.3, -0.25) is 9.59 Å². The molecule has 0 saturated carbocycles. The topological polar surface area (TPSA) is 92.4 Å². The van der Waals surface area contributed by atoms with Crippen molar-refractivity contribution < 1.29 is 14.7 Å². The normalized spacial score (nSPS) is 17.1. The van der Waals surface area contributed by atoms with E-state index in [0.29, 0.717) is 5.56 Å². The fourth-order valence-electron chi connectivity index (χ4n) is 1.61. The summed E-state index contributed by atoms with van der Waals surface area (Å²) in [6.07, 6.45) is 0. The van der Waals surface area contributed by atoms with Crippen LogP contribution >= 0.6 is 0 Å². The van der Waals surface area contributed by atoms with Crippen molar-refractivity contribution in [3.05, 3.63) is 35.9 Å². The zero-order valence-electron chi connectivity index (χ0n) is 11.4. The molecule has 0 aromatic heterocycles. The molecule has 0 aliphatic heterocycles. The van der Waals surface area contributed by atoms with Gasteiger partial charge < -0.3 is 16.2 Å². The predicted molar refractivity (Wildman–Crippen MR) is 72.4 cm³/mol. The van der Waals surface area contributed by atoms with E-state index in [1.165, 1.54) is 0 Å². The first-order chi connectivity index (χ1) is 8.76. The molecule has 0 fully saturated rings. The van der Waals surface area contributed by atoms with Crippen molar-refractivity contribution in [2.75, 3.05) is 0 Å². The van der Waals surface area contributed by atoms with Crippen LogP contribution in [-0.2, 0) is 15.1 Å². The minimum atomic E-state index is -1.19. The van der Waals surface area contributed by atoms with Gasteiger partial charge in [-0.25, -0.2) is 0 Å². The molecule has 0 aliphatic rings. The number of carboxylic acid groups (broad SMARTS) is 1. The van der Waals surface area contributed by atoms with Gasteiger partial charge in [-0.15, -0.1) is 0 Å². The van der Waals surface area contributed by atoms with Crippen LogP contribution in [0.3, 0.4) is 0 Å². The van der Waals surface area contributed by atoms with Crippen molar-refractivity contribution >= 4 is 11.9 Å². The molecule has 0 radical (unpaired) electrons. The van der Waals surface area contributed by atoms with Crippen LogP contribution in [0, 0.1) is 5.92 Å². The van der Waals surface area contributed by atoms with Crippen LogP contribution in [-0.4, -0.2) is 23.0 Å². The number of nitrogens with two attached hydrogens (primary N) is 1. The lowest BCUT2D eigenvalue weighted by Gasteiger charge is -2.27. The van der Waals surface area contributed by atoms with Gasteiger partial charge in [0, 0.05) is 6.04 Å². The van der Waals surface area contributed by atoms with Crippen LogP contribution in [0.4, 0.5) is 0 Å². The first-order valence-corrected chi connectivity index (χ1v) is 6.15. The molecule has 1 aromatic rings. The quantitative estimate of drug-likeness (QED) is 0.742. The highest BCUT2D eigenvalue weighted by molar-refractivity contribution is 5.87. The number of amides is 1. The fraction of sp³-hybridized carbons (Fsp3) is 0.429. The van der Waals surface area contributed by atoms with E-state index in [4.69, 9.17) is 10.8 Å². The van der Waals surface area contributed by atoms with E-state index in [1.807, 2.05) is 6.07 Å². The molecule has 0 heterocycles. The standard InChI is InChI=1S/C14H20N2O3/c1-9(12(17)18)10(2)16-13(19)14(3,15)11-7-5-4-6-8-11/h4-10H,15H2,1-3H3,(H,16,19)(H,17,18). The van der Waals surface area contributed by atoms with Crippen LogP contribution in [0.5, 0.6) is 0 Å². The summed E-state index contributed by atoms with van der Waals surface area (Å²) < 4.78 is 0. The molecule has 0 saturated heterocycles. The minimum Gasteiger partial charge on any atom is -0.481 e. The lowest BCUT2D eigenvalue weighted by Crippen LogP contribution is -2.53. The van der Waals surface area contributed by atoms with Gasteiger partial charge >= 0.3 is 5.97 Å². The Bertz CT molecular complexity index is 457. The number of rotatable bonds is 5. The SMILES string of the molecule is CC(NC(=O)C(C)(N)c1ccccc1)C(C)C(=O)O. The largest absolute Gasteiger partial charge is 0.481 e. The van der Waals surface area contributed by atoms with E-state index in [1.54, 1.807) is 45.0 Å². The molecule has 1 aromatic carbocycles. The first-order valence-electron chi connectivity index (χ1n) is 6.15. The maximum absolute atomic E-state index is 12.2. The number of benzene rings is 1. The van der Waals surface area contributed by atoms with Gasteiger partial charge in [0.2, 0.25) is 5.91 Å². The Morgan fingerprint density at radius 2 is 1.79 bits per heavy atom. The predicted octanol–water partition coefficient (Wildman–Crippen LogP) is 1.09. The third kappa shape index (κ3) is 3.54. The molecule has 1 rings (SSSR count). The van der Waals surface area contributed by atoms with E-state index >= 15 is 0 Å². The Labute approximate surface area is 112 Å². The molecule has 19 heavy (non-hydrogen) atoms. The summed E-state index contributed by atoms with van der Waals surface area (Å²) in [5.41, 5.74) is 5.54. The Morgan fingerprint density at radius 3 is 2.26 bits per heavy atom. The van der Waals surface area contributed by atoms with E-state index < -0.39 is 23.5 Å². The summed E-state index contributed by atoms with van der Waals surface area (Å²) in [7, 11) is 0. The lowest BCUT2D eigenvalue weighted by molar-refractivity contribution is -0.142. The highest BCUT2D eigenvalue weighted by Gasteiger charge is 2.32. The Hall–Kier alpha value is -1.88. The highest BCUT2D eigenvalue weighted by Crippen LogP contribution is 2.18. The van der Waals surface area contributed by atoms with Gasteiger partial charge in [0.25, 0.3) is 0 Å². The summed E-state index contributed by atoms with van der Waals surface area (Å²) in [5.74, 6) is -2.01. The van der Waals surface area contributed by atoms with Crippen molar-refractivity contribution in [2.45, 2.75) is 32.4 Å². The number of hydrogen-bond donors (Lipinski definition) is 3. The second kappa shape index (κ2) is 5.84. The average molecular weight is 264 g/mol. The number of hydrogen-bond acceptors (Lipinski definition) is 3. The number of aliphatic carboxylic acids is 1. The molecule has 0 aliphatic carbocycles. The third-order valence-corrected chi connectivity index (χ3v) is 3.34. The summed E-state index contributed by atoms with van der Waals surface area (Å²) >= 11 is 0. The number of carboxylic acids is 1. The maximum Gasteiger partial charge on any atom is 0.308 e. The highest BCUT2D eigenvalue weighted by atomic mass is 16.4. The van der Waals surface area contributed by atoms with Crippen LogP contribution < -0.4 is 11.1 Å². The maximum atomic E-state index is 12.2. The summed E-state index contributed by atoms with van der Waals surface area (Å²) in [4.78, 5) is 23.0. The molecule has 0 spiro atoms. The van der Waals surface area contributed by atoms with Crippen LogP contribution in [0.1, 0.15) is 26.3 Å². The van der Waals surface area contributed by atoms with E-state index in [9.17, 15) is 9.59 Å². The molecule has 1 amide bonds. The lowest BCUT2D eigenvalue weighted by atomic mass is 9.91. The van der Waals surface area contributed by atoms with E-state index in [-0.39, 0.29) is 5.91 Å². The summed E-state index contributed by atoms with van der Waals surface area (Å²) in [5, 5.41) is 11.6. The van der Waals surface area contributed by atoms with Gasteiger partial charge in [-0.2, -0.15) is 0 Å². The molecule has 5 nitrogen and oxygen atoms in total. The molecular formula is C14H20N2O3. The van der Waals surface area contributed by atoms with E-state index in [2.05, 4.69) is 5.32 Å². The first kappa shape index (κ1) is 15.2. The molecule has 3 unspecified atom stereocenters. The van der Waals surface area contributed by atoms with Gasteiger partial charge in [-0.05, 0) is 26.3 Å². The van der Waals surface area contributed by atoms with Gasteiger partial charge in [-0.1, -0.05) is 30.3 Å². The smallest absolute Gasteiger partial charge is 0.308 e. The number of carbonyl (C=O) groups excluding carboxylic acids is 1. The molecule has 4 N–H and O–H groups in total. The van der Waals surface area contributed by atoms with Crippen molar-refractivity contribution in [3.63, 3.8) is 0 Å². The Kier molecular flexibility index (Phi) is 4.67. The zero-order valence-corrected chi connectivity index (χ0v) is 11.4. The van der Waals surface area contributed by atoms with Gasteiger partial charge in [0.05, 0.1) is 5.92 Å². The molecule has 104 valence electrons. The van der Waals surface area contributed by atoms with Crippen molar-refractivity contribution in [3.8, 4) is 0 Å². The molecular weight excluding hydrogens is 244 g/mol. The molecule has 0 bridgehead atoms. The van der Waals surface area contributed by atoms with Crippen LogP contribution in [0.25, 0.3) is 0 Å². The van der Waals surface area contributed by atoms with Crippen LogP contribution in [0.2, 0.25) is 0 Å². The van der Waals surface area contributed by atoms with Gasteiger partial charge in [0.15, 0.2) is 0 Å². The fourth-order valence-corrected chi connectivity index (χ4v) is 1.61. The third-order valence-electron chi connectivity index (χ3n) is 3.34. The van der Waals surface area contributed by atoms with Crippen LogP contribution in [0.15, 0.2) is 30.3 Å². The second-order valence-corrected chi connectivity index (χ2v) is 4.96. The van der Waals surface area contributed by atoms with Gasteiger partial charge in [0.1, 0.15) is 5.54 Å². The Balaban J connectivity index is 2.80. The Morgan fingerprint density at radius 1 is 1.26 bits per heavy atom. The molecule has 3 atom stereocenters. The van der Waals surface area contributed by atoms with E-state index in [0.717, 1.165) is 0 Å². The second-order valence-electron chi connectivity index (χ2n) is 4.96. The van der Waals surface area contributed by atoms with Crippen molar-refractivity contribution in [1.82, 2.24) is 5.32 Å². The zero-order chi connectivity index (χ0) is 14.6. The molecule has 5 heteroatoms. The average Bonchev–Trinajstić information content (AvgIpc) is 2.38. The van der Waals surface area contributed by atoms with Crippen molar-refractivity contribution in [2.24, 2.45) is 11.7 Å². The summed E-state index contributed by atoms with van der Waals surface area (Å²) in [6, 6.07) is 8.49. The monoisotopic (exact) mass is 264 g/mol.